The van der Waals surface area contributed by atoms with Gasteiger partial charge in [-0.05, 0) is 56.9 Å². The molecule has 0 unspecified atom stereocenters. The fourth-order valence-corrected chi connectivity index (χ4v) is 3.36. The van der Waals surface area contributed by atoms with E-state index in [2.05, 4.69) is 23.9 Å². The zero-order valence-corrected chi connectivity index (χ0v) is 15.9. The molecular formula is C17H28N2O4S. The lowest BCUT2D eigenvalue weighted by Gasteiger charge is -2.13. The molecule has 0 aromatic heterocycles. The number of nitrogens with one attached hydrogen (secondary N) is 2. The van der Waals surface area contributed by atoms with Gasteiger partial charge in [-0.15, -0.1) is 0 Å². The molecule has 24 heavy (non-hydrogen) atoms. The van der Waals surface area contributed by atoms with E-state index in [0.29, 0.717) is 23.8 Å². The summed E-state index contributed by atoms with van der Waals surface area (Å²) < 4.78 is 32.3. The van der Waals surface area contributed by atoms with Crippen molar-refractivity contribution in [1.82, 2.24) is 10.0 Å². The van der Waals surface area contributed by atoms with E-state index in [1.54, 1.807) is 26.8 Å². The van der Waals surface area contributed by atoms with Crippen molar-refractivity contribution < 1.29 is 17.9 Å². The van der Waals surface area contributed by atoms with Gasteiger partial charge in [-0.1, -0.05) is 13.8 Å². The van der Waals surface area contributed by atoms with Crippen LogP contribution in [-0.4, -0.2) is 33.5 Å². The monoisotopic (exact) mass is 356 g/mol. The average molecular weight is 356 g/mol. The first-order valence-corrected chi connectivity index (χ1v) is 9.62. The summed E-state index contributed by atoms with van der Waals surface area (Å²) in [4.78, 5) is 11.9. The summed E-state index contributed by atoms with van der Waals surface area (Å²) >= 11 is 0. The zero-order chi connectivity index (χ0) is 18.3. The Balaban J connectivity index is 2.64. The number of carbonyl (C=O) groups excluding carboxylic acids is 1. The van der Waals surface area contributed by atoms with Crippen molar-refractivity contribution in [3.05, 3.63) is 23.8 Å². The third-order valence-electron chi connectivity index (χ3n) is 3.25. The molecule has 0 aliphatic carbocycles. The first-order valence-electron chi connectivity index (χ1n) is 8.14. The van der Waals surface area contributed by atoms with Crippen LogP contribution in [-0.2, 0) is 14.8 Å². The van der Waals surface area contributed by atoms with Gasteiger partial charge in [-0.2, -0.15) is 0 Å². The van der Waals surface area contributed by atoms with Crippen molar-refractivity contribution in [2.45, 2.75) is 52.0 Å². The Bertz CT molecular complexity index is 655. The van der Waals surface area contributed by atoms with Gasteiger partial charge in [0.1, 0.15) is 5.75 Å². The van der Waals surface area contributed by atoms with Crippen LogP contribution in [0.1, 0.15) is 39.7 Å². The Kier molecular flexibility index (Phi) is 7.69. The summed E-state index contributed by atoms with van der Waals surface area (Å²) in [5, 5.41) is 2.79. The van der Waals surface area contributed by atoms with Crippen molar-refractivity contribution in [2.24, 2.45) is 5.92 Å². The zero-order valence-electron chi connectivity index (χ0n) is 15.0. The SMILES string of the molecule is Cc1cc(S(=O)(=O)NC(C)C)ccc1OCC(=O)NCCC(C)C. The predicted molar refractivity (Wildman–Crippen MR) is 94.6 cm³/mol. The van der Waals surface area contributed by atoms with E-state index in [-0.39, 0.29) is 23.5 Å². The van der Waals surface area contributed by atoms with E-state index in [1.165, 1.54) is 12.1 Å². The number of hydrogen-bond acceptors (Lipinski definition) is 4. The molecule has 0 fully saturated rings. The molecule has 0 bridgehead atoms. The van der Waals surface area contributed by atoms with Crippen molar-refractivity contribution in [1.29, 1.82) is 0 Å². The Labute approximate surface area is 145 Å². The highest BCUT2D eigenvalue weighted by Gasteiger charge is 2.16. The van der Waals surface area contributed by atoms with Crippen molar-refractivity contribution in [3.8, 4) is 5.75 Å². The lowest BCUT2D eigenvalue weighted by molar-refractivity contribution is -0.123. The van der Waals surface area contributed by atoms with Crippen LogP contribution in [0.4, 0.5) is 0 Å². The van der Waals surface area contributed by atoms with Gasteiger partial charge in [0.05, 0.1) is 4.90 Å². The third kappa shape index (κ3) is 6.88. The first-order chi connectivity index (χ1) is 11.1. The van der Waals surface area contributed by atoms with E-state index in [4.69, 9.17) is 4.74 Å². The largest absolute Gasteiger partial charge is 0.484 e. The molecule has 0 atom stereocenters. The van der Waals surface area contributed by atoms with Crippen molar-refractivity contribution in [2.75, 3.05) is 13.2 Å². The Morgan fingerprint density at radius 3 is 2.42 bits per heavy atom. The summed E-state index contributed by atoms with van der Waals surface area (Å²) in [6, 6.07) is 4.41. The smallest absolute Gasteiger partial charge is 0.257 e. The number of rotatable bonds is 9. The molecule has 0 aliphatic heterocycles. The lowest BCUT2D eigenvalue weighted by atomic mass is 10.1. The van der Waals surface area contributed by atoms with Crippen molar-refractivity contribution in [3.63, 3.8) is 0 Å². The highest BCUT2D eigenvalue weighted by molar-refractivity contribution is 7.89. The normalized spacial score (nSPS) is 11.8. The maximum atomic E-state index is 12.1. The van der Waals surface area contributed by atoms with Gasteiger partial charge < -0.3 is 10.1 Å². The topological polar surface area (TPSA) is 84.5 Å². The van der Waals surface area contributed by atoms with E-state index in [0.717, 1.165) is 6.42 Å². The molecule has 0 radical (unpaired) electrons. The van der Waals surface area contributed by atoms with Gasteiger partial charge in [0, 0.05) is 12.6 Å². The number of benzene rings is 1. The molecule has 7 heteroatoms. The number of carbonyl (C=O) groups is 1. The molecule has 0 heterocycles. The molecule has 136 valence electrons. The molecule has 0 saturated heterocycles. The Morgan fingerprint density at radius 2 is 1.88 bits per heavy atom. The summed E-state index contributed by atoms with van der Waals surface area (Å²) in [6.45, 7) is 10.00. The van der Waals surface area contributed by atoms with E-state index >= 15 is 0 Å². The van der Waals surface area contributed by atoms with Crippen LogP contribution in [0.15, 0.2) is 23.1 Å². The van der Waals surface area contributed by atoms with E-state index in [9.17, 15) is 13.2 Å². The van der Waals surface area contributed by atoms with Crippen LogP contribution in [0.2, 0.25) is 0 Å². The van der Waals surface area contributed by atoms with Gasteiger partial charge in [0.25, 0.3) is 5.91 Å². The van der Waals surface area contributed by atoms with Crippen LogP contribution in [0.25, 0.3) is 0 Å². The molecule has 1 amide bonds. The van der Waals surface area contributed by atoms with E-state index in [1.807, 2.05) is 0 Å². The summed E-state index contributed by atoms with van der Waals surface area (Å²) in [7, 11) is -3.54. The number of aryl methyl sites for hydroxylation is 1. The molecule has 1 rings (SSSR count). The summed E-state index contributed by atoms with van der Waals surface area (Å²) in [5.74, 6) is 0.841. The molecule has 0 spiro atoms. The second-order valence-electron chi connectivity index (χ2n) is 6.52. The molecular weight excluding hydrogens is 328 g/mol. The van der Waals surface area contributed by atoms with Gasteiger partial charge in [0.2, 0.25) is 10.0 Å². The van der Waals surface area contributed by atoms with Gasteiger partial charge in [0.15, 0.2) is 6.61 Å². The highest BCUT2D eigenvalue weighted by Crippen LogP contribution is 2.21. The second kappa shape index (κ2) is 9.03. The molecule has 1 aromatic carbocycles. The van der Waals surface area contributed by atoms with Crippen LogP contribution in [0.3, 0.4) is 0 Å². The van der Waals surface area contributed by atoms with Crippen LogP contribution < -0.4 is 14.8 Å². The van der Waals surface area contributed by atoms with E-state index < -0.39 is 10.0 Å². The number of ether oxygens (including phenoxy) is 1. The van der Waals surface area contributed by atoms with Gasteiger partial charge in [-0.3, -0.25) is 4.79 Å². The first kappa shape index (κ1) is 20.4. The number of sulfonamides is 1. The predicted octanol–water partition coefficient (Wildman–Crippen LogP) is 2.22. The molecule has 6 nitrogen and oxygen atoms in total. The van der Waals surface area contributed by atoms with Gasteiger partial charge >= 0.3 is 0 Å². The molecule has 0 aliphatic rings. The molecule has 2 N–H and O–H groups in total. The fraction of sp³-hybridized carbons (Fsp3) is 0.588. The second-order valence-corrected chi connectivity index (χ2v) is 8.24. The van der Waals surface area contributed by atoms with Crippen LogP contribution >= 0.6 is 0 Å². The summed E-state index contributed by atoms with van der Waals surface area (Å²) in [5.41, 5.74) is 0.664. The number of hydrogen-bond donors (Lipinski definition) is 2. The maximum Gasteiger partial charge on any atom is 0.257 e. The third-order valence-corrected chi connectivity index (χ3v) is 4.91. The fourth-order valence-electron chi connectivity index (χ4n) is 2.02. The lowest BCUT2D eigenvalue weighted by Crippen LogP contribution is -2.31. The highest BCUT2D eigenvalue weighted by atomic mass is 32.2. The van der Waals surface area contributed by atoms with Crippen LogP contribution in [0.5, 0.6) is 5.75 Å². The average Bonchev–Trinajstić information content (AvgIpc) is 2.44. The Hall–Kier alpha value is -1.60. The minimum atomic E-state index is -3.54. The Morgan fingerprint density at radius 1 is 1.21 bits per heavy atom. The minimum Gasteiger partial charge on any atom is -0.484 e. The maximum absolute atomic E-state index is 12.1. The molecule has 1 aromatic rings. The molecule has 0 saturated carbocycles. The standard InChI is InChI=1S/C17H28N2O4S/c1-12(2)8-9-18-17(20)11-23-16-7-6-15(10-14(16)5)24(21,22)19-13(3)4/h6-7,10,12-13,19H,8-9,11H2,1-5H3,(H,18,20). The van der Waals surface area contributed by atoms with Crippen molar-refractivity contribution >= 4 is 15.9 Å². The van der Waals surface area contributed by atoms with Crippen LogP contribution in [0, 0.1) is 12.8 Å². The van der Waals surface area contributed by atoms with Gasteiger partial charge in [-0.25, -0.2) is 13.1 Å². The summed E-state index contributed by atoms with van der Waals surface area (Å²) in [6.07, 6.45) is 0.917. The quantitative estimate of drug-likeness (QED) is 0.710. The number of amides is 1. The minimum absolute atomic E-state index is 0.0880.